The smallest absolute Gasteiger partial charge is 0.308 e. The highest BCUT2D eigenvalue weighted by Gasteiger charge is 2.23. The number of carbonyl (C=O) groups excluding carboxylic acids is 1. The average molecular weight is 183 g/mol. The molecule has 1 radical (unpaired) electrons. The summed E-state index contributed by atoms with van der Waals surface area (Å²) in [4.78, 5) is 11.4. The van der Waals surface area contributed by atoms with E-state index in [2.05, 4.69) is 6.92 Å². The van der Waals surface area contributed by atoms with Crippen LogP contribution in [0.25, 0.3) is 0 Å². The van der Waals surface area contributed by atoms with Crippen molar-refractivity contribution >= 4 is 5.97 Å². The zero-order chi connectivity index (χ0) is 9.52. The maximum atomic E-state index is 11.4. The molecule has 1 saturated carbocycles. The van der Waals surface area contributed by atoms with Gasteiger partial charge in [0, 0.05) is 0 Å². The molecule has 0 aliphatic heterocycles. The monoisotopic (exact) mass is 183 g/mol. The van der Waals surface area contributed by atoms with Crippen LogP contribution in [-0.2, 0) is 9.53 Å². The molecule has 2 heteroatoms. The van der Waals surface area contributed by atoms with E-state index in [-0.39, 0.29) is 11.9 Å². The summed E-state index contributed by atoms with van der Waals surface area (Å²) in [5.41, 5.74) is 0. The summed E-state index contributed by atoms with van der Waals surface area (Å²) in [6.07, 6.45) is 7.40. The average Bonchev–Trinajstić information content (AvgIpc) is 2.65. The first kappa shape index (κ1) is 10.6. The van der Waals surface area contributed by atoms with Crippen LogP contribution in [0.4, 0.5) is 0 Å². The number of unbranched alkanes of at least 4 members (excludes halogenated alkanes) is 2. The maximum absolute atomic E-state index is 11.4. The zero-order valence-corrected chi connectivity index (χ0v) is 8.26. The van der Waals surface area contributed by atoms with Gasteiger partial charge in [-0.05, 0) is 19.3 Å². The van der Waals surface area contributed by atoms with Gasteiger partial charge in [0.1, 0.15) is 0 Å². The van der Waals surface area contributed by atoms with Gasteiger partial charge in [-0.15, -0.1) is 0 Å². The first-order valence-corrected chi connectivity index (χ1v) is 5.30. The third-order valence-electron chi connectivity index (χ3n) is 2.58. The molecule has 0 N–H and O–H groups in total. The normalized spacial score (nSPS) is 17.6. The van der Waals surface area contributed by atoms with Crippen molar-refractivity contribution in [2.75, 3.05) is 6.61 Å². The molecule has 0 aromatic carbocycles. The van der Waals surface area contributed by atoms with Crippen LogP contribution in [-0.4, -0.2) is 12.6 Å². The third kappa shape index (κ3) is 3.79. The van der Waals surface area contributed by atoms with Crippen molar-refractivity contribution in [1.82, 2.24) is 0 Å². The van der Waals surface area contributed by atoms with Crippen molar-refractivity contribution in [2.45, 2.75) is 44.9 Å². The van der Waals surface area contributed by atoms with Gasteiger partial charge in [-0.25, -0.2) is 0 Å². The molecule has 1 fully saturated rings. The highest BCUT2D eigenvalue weighted by atomic mass is 16.5. The van der Waals surface area contributed by atoms with Crippen LogP contribution in [0.2, 0.25) is 0 Å². The van der Waals surface area contributed by atoms with Crippen LogP contribution in [0.3, 0.4) is 0 Å². The van der Waals surface area contributed by atoms with Gasteiger partial charge in [0.15, 0.2) is 0 Å². The van der Waals surface area contributed by atoms with Gasteiger partial charge in [0.2, 0.25) is 0 Å². The molecular weight excluding hydrogens is 164 g/mol. The summed E-state index contributed by atoms with van der Waals surface area (Å²) >= 11 is 0. The van der Waals surface area contributed by atoms with Gasteiger partial charge in [-0.3, -0.25) is 4.79 Å². The molecule has 0 saturated heterocycles. The van der Waals surface area contributed by atoms with E-state index in [1.807, 2.05) is 0 Å². The number of esters is 1. The highest BCUT2D eigenvalue weighted by molar-refractivity contribution is 5.72. The lowest BCUT2D eigenvalue weighted by molar-refractivity contribution is -0.148. The van der Waals surface area contributed by atoms with Crippen LogP contribution in [0.15, 0.2) is 0 Å². The first-order valence-electron chi connectivity index (χ1n) is 5.30. The fourth-order valence-electron chi connectivity index (χ4n) is 1.73. The van der Waals surface area contributed by atoms with Gasteiger partial charge in [0.05, 0.1) is 12.5 Å². The highest BCUT2D eigenvalue weighted by Crippen LogP contribution is 2.25. The van der Waals surface area contributed by atoms with Gasteiger partial charge in [-0.2, -0.15) is 0 Å². The lowest BCUT2D eigenvalue weighted by atomic mass is 10.1. The number of carbonyl (C=O) groups is 1. The number of rotatable bonds is 5. The molecule has 0 aromatic rings. The Morgan fingerprint density at radius 1 is 1.31 bits per heavy atom. The zero-order valence-electron chi connectivity index (χ0n) is 8.26. The van der Waals surface area contributed by atoms with Gasteiger partial charge >= 0.3 is 5.97 Å². The van der Waals surface area contributed by atoms with Crippen LogP contribution >= 0.6 is 0 Å². The van der Waals surface area contributed by atoms with Gasteiger partial charge < -0.3 is 4.74 Å². The number of hydrogen-bond donors (Lipinski definition) is 0. The Morgan fingerprint density at radius 2 is 2.00 bits per heavy atom. The molecule has 0 spiro atoms. The lowest BCUT2D eigenvalue weighted by Crippen LogP contribution is -2.15. The molecule has 75 valence electrons. The van der Waals surface area contributed by atoms with E-state index in [9.17, 15) is 4.79 Å². The van der Waals surface area contributed by atoms with Crippen LogP contribution in [0, 0.1) is 12.8 Å². The van der Waals surface area contributed by atoms with Crippen molar-refractivity contribution in [3.8, 4) is 0 Å². The molecule has 2 nitrogen and oxygen atoms in total. The van der Waals surface area contributed by atoms with E-state index in [1.165, 1.54) is 12.8 Å². The summed E-state index contributed by atoms with van der Waals surface area (Å²) in [6.45, 7) is 4.33. The SMILES string of the molecule is [CH2]CCCCOC(=O)C1CCCC1. The van der Waals surface area contributed by atoms with E-state index >= 15 is 0 Å². The quantitative estimate of drug-likeness (QED) is 0.484. The minimum absolute atomic E-state index is 0.0292. The van der Waals surface area contributed by atoms with Crippen LogP contribution in [0.5, 0.6) is 0 Å². The number of ether oxygens (including phenoxy) is 1. The minimum Gasteiger partial charge on any atom is -0.465 e. The second-order valence-corrected chi connectivity index (χ2v) is 3.71. The van der Waals surface area contributed by atoms with Crippen LogP contribution < -0.4 is 0 Å². The first-order chi connectivity index (χ1) is 6.34. The van der Waals surface area contributed by atoms with Gasteiger partial charge in [-0.1, -0.05) is 32.6 Å². The molecule has 0 amide bonds. The number of hydrogen-bond acceptors (Lipinski definition) is 2. The molecule has 13 heavy (non-hydrogen) atoms. The molecule has 0 heterocycles. The topological polar surface area (TPSA) is 26.3 Å². The molecule has 0 unspecified atom stereocenters. The lowest BCUT2D eigenvalue weighted by Gasteiger charge is -2.08. The Hall–Kier alpha value is -0.530. The van der Waals surface area contributed by atoms with Crippen molar-refractivity contribution in [3.63, 3.8) is 0 Å². The molecule has 0 aromatic heterocycles. The van der Waals surface area contributed by atoms with Crippen LogP contribution in [0.1, 0.15) is 44.9 Å². The standard InChI is InChI=1S/C11H19O2/c1-2-3-6-9-13-11(12)10-7-4-5-8-10/h10H,1-9H2. The maximum Gasteiger partial charge on any atom is 0.308 e. The largest absolute Gasteiger partial charge is 0.465 e. The van der Waals surface area contributed by atoms with Crippen molar-refractivity contribution in [3.05, 3.63) is 6.92 Å². The Morgan fingerprint density at radius 3 is 2.62 bits per heavy atom. The summed E-state index contributed by atoms with van der Waals surface area (Å²) in [6, 6.07) is 0. The molecule has 0 bridgehead atoms. The minimum atomic E-state index is 0.0292. The van der Waals surface area contributed by atoms with Gasteiger partial charge in [0.25, 0.3) is 0 Å². The van der Waals surface area contributed by atoms with E-state index in [1.54, 1.807) is 0 Å². The Labute approximate surface area is 80.7 Å². The van der Waals surface area contributed by atoms with E-state index in [0.29, 0.717) is 6.61 Å². The van der Waals surface area contributed by atoms with Crippen molar-refractivity contribution in [2.24, 2.45) is 5.92 Å². The van der Waals surface area contributed by atoms with Crippen molar-refractivity contribution in [1.29, 1.82) is 0 Å². The second kappa shape index (κ2) is 6.01. The predicted octanol–water partition coefficient (Wildman–Crippen LogP) is 2.72. The van der Waals surface area contributed by atoms with E-state index in [0.717, 1.165) is 32.1 Å². The fourth-order valence-corrected chi connectivity index (χ4v) is 1.73. The van der Waals surface area contributed by atoms with E-state index < -0.39 is 0 Å². The summed E-state index contributed by atoms with van der Waals surface area (Å²) in [5.74, 6) is 0.237. The molecule has 1 rings (SSSR count). The third-order valence-corrected chi connectivity index (χ3v) is 2.58. The molecular formula is C11H19O2. The Bertz CT molecular complexity index is 148. The molecule has 1 aliphatic carbocycles. The molecule has 0 atom stereocenters. The Balaban J connectivity index is 2.03. The summed E-state index contributed by atoms with van der Waals surface area (Å²) in [5, 5.41) is 0. The second-order valence-electron chi connectivity index (χ2n) is 3.71. The summed E-state index contributed by atoms with van der Waals surface area (Å²) < 4.78 is 5.16. The van der Waals surface area contributed by atoms with E-state index in [4.69, 9.17) is 4.74 Å². The Kier molecular flexibility index (Phi) is 4.87. The predicted molar refractivity (Wildman–Crippen MR) is 52.1 cm³/mol. The molecule has 1 aliphatic rings. The fraction of sp³-hybridized carbons (Fsp3) is 0.818. The summed E-state index contributed by atoms with van der Waals surface area (Å²) in [7, 11) is 0. The van der Waals surface area contributed by atoms with Crippen molar-refractivity contribution < 1.29 is 9.53 Å².